The Morgan fingerprint density at radius 3 is 2.83 bits per heavy atom. The van der Waals surface area contributed by atoms with Crippen molar-refractivity contribution < 1.29 is 9.53 Å². The van der Waals surface area contributed by atoms with Crippen LogP contribution in [-0.4, -0.2) is 33.1 Å². The molecule has 2 heterocycles. The van der Waals surface area contributed by atoms with E-state index in [1.54, 1.807) is 37.4 Å². The minimum Gasteiger partial charge on any atom is -0.497 e. The van der Waals surface area contributed by atoms with E-state index in [1.165, 1.54) is 6.20 Å². The first kappa shape index (κ1) is 14.7. The summed E-state index contributed by atoms with van der Waals surface area (Å²) in [5.41, 5.74) is 1.39. The van der Waals surface area contributed by atoms with Crippen LogP contribution in [0.15, 0.2) is 42.6 Å². The van der Waals surface area contributed by atoms with Crippen LogP contribution in [0, 0.1) is 6.92 Å². The Morgan fingerprint density at radius 2 is 2.09 bits per heavy atom. The Hall–Kier alpha value is -3.22. The zero-order chi connectivity index (χ0) is 16.2. The van der Waals surface area contributed by atoms with Crippen molar-refractivity contribution in [2.45, 2.75) is 6.92 Å². The third-order valence-corrected chi connectivity index (χ3v) is 3.15. The molecular formula is C16H15N5O2. The zero-order valence-electron chi connectivity index (χ0n) is 12.7. The van der Waals surface area contributed by atoms with Crippen LogP contribution < -0.4 is 10.1 Å². The number of nitrogens with one attached hydrogen (secondary N) is 2. The molecule has 7 heteroatoms. The summed E-state index contributed by atoms with van der Waals surface area (Å²) >= 11 is 0. The summed E-state index contributed by atoms with van der Waals surface area (Å²) in [7, 11) is 1.55. The fourth-order valence-electron chi connectivity index (χ4n) is 2.04. The van der Waals surface area contributed by atoms with E-state index >= 15 is 0 Å². The van der Waals surface area contributed by atoms with Crippen molar-refractivity contribution in [3.63, 3.8) is 0 Å². The third kappa shape index (κ3) is 3.34. The summed E-state index contributed by atoms with van der Waals surface area (Å²) in [4.78, 5) is 20.8. The molecule has 0 aliphatic rings. The number of carbonyl (C=O) groups is 1. The Bertz CT molecular complexity index is 844. The van der Waals surface area contributed by atoms with Crippen LogP contribution in [-0.2, 0) is 0 Å². The predicted molar refractivity (Wildman–Crippen MR) is 85.1 cm³/mol. The average molecular weight is 309 g/mol. The molecule has 0 saturated carbocycles. The summed E-state index contributed by atoms with van der Waals surface area (Å²) in [6.45, 7) is 1.90. The van der Waals surface area contributed by atoms with Gasteiger partial charge in [0.1, 0.15) is 11.6 Å². The van der Waals surface area contributed by atoms with Gasteiger partial charge in [-0.05, 0) is 25.1 Å². The smallest absolute Gasteiger partial charge is 0.230 e. The summed E-state index contributed by atoms with van der Waals surface area (Å²) in [5.74, 6) is 1.57. The Balaban J connectivity index is 1.85. The third-order valence-electron chi connectivity index (χ3n) is 3.15. The van der Waals surface area contributed by atoms with Gasteiger partial charge in [0.2, 0.25) is 11.6 Å². The van der Waals surface area contributed by atoms with Gasteiger partial charge in [-0.2, -0.15) is 5.10 Å². The molecule has 23 heavy (non-hydrogen) atoms. The quantitative estimate of drug-likeness (QED) is 0.703. The zero-order valence-corrected chi connectivity index (χ0v) is 12.7. The van der Waals surface area contributed by atoms with E-state index < -0.39 is 0 Å². The van der Waals surface area contributed by atoms with Crippen LogP contribution >= 0.6 is 0 Å². The number of methoxy groups -OCH3 is 1. The van der Waals surface area contributed by atoms with Gasteiger partial charge in [0.25, 0.3) is 0 Å². The summed E-state index contributed by atoms with van der Waals surface area (Å²) < 4.78 is 5.13. The molecule has 7 nitrogen and oxygen atoms in total. The number of nitrogens with zero attached hydrogens (tertiary/aromatic N) is 3. The number of hydrogen-bond donors (Lipinski definition) is 2. The van der Waals surface area contributed by atoms with E-state index in [0.717, 1.165) is 5.69 Å². The molecule has 0 radical (unpaired) electrons. The Morgan fingerprint density at radius 1 is 1.22 bits per heavy atom. The molecule has 3 aromatic rings. The fraction of sp³-hybridized carbons (Fsp3) is 0.125. The Labute approximate surface area is 132 Å². The number of ketones is 1. The second-order valence-electron chi connectivity index (χ2n) is 4.89. The van der Waals surface area contributed by atoms with Crippen LogP contribution in [0.3, 0.4) is 0 Å². The number of aryl methyl sites for hydroxylation is 1. The molecule has 0 bridgehead atoms. The number of rotatable bonds is 5. The molecule has 0 aliphatic carbocycles. The van der Waals surface area contributed by atoms with Gasteiger partial charge in [-0.15, -0.1) is 0 Å². The molecular weight excluding hydrogens is 294 g/mol. The minimum atomic E-state index is -0.272. The molecule has 116 valence electrons. The molecule has 0 unspecified atom stereocenters. The van der Waals surface area contributed by atoms with Crippen molar-refractivity contribution in [2.24, 2.45) is 0 Å². The van der Waals surface area contributed by atoms with Gasteiger partial charge in [0, 0.05) is 23.5 Å². The number of H-pyrrole nitrogens is 1. The highest BCUT2D eigenvalue weighted by molar-refractivity contribution is 6.06. The van der Waals surface area contributed by atoms with Gasteiger partial charge in [0.15, 0.2) is 5.82 Å². The van der Waals surface area contributed by atoms with E-state index in [2.05, 4.69) is 25.5 Å². The van der Waals surface area contributed by atoms with Crippen molar-refractivity contribution in [2.75, 3.05) is 12.4 Å². The number of benzene rings is 1. The lowest BCUT2D eigenvalue weighted by Crippen LogP contribution is -2.08. The van der Waals surface area contributed by atoms with Gasteiger partial charge < -0.3 is 10.1 Å². The molecule has 2 aromatic heterocycles. The predicted octanol–water partition coefficient (Wildman–Crippen LogP) is 2.49. The van der Waals surface area contributed by atoms with Gasteiger partial charge in [-0.1, -0.05) is 12.1 Å². The molecule has 0 atom stereocenters. The standard InChI is InChI=1S/C16H15N5O2/c1-10-8-14(21-20-10)18-13-6-7-17-16(19-13)15(22)11-4-3-5-12(9-11)23-2/h3-9H,1-2H3,(H2,17,18,19,20,21). The lowest BCUT2D eigenvalue weighted by molar-refractivity contribution is 0.102. The average Bonchev–Trinajstić information content (AvgIpc) is 2.99. The molecule has 2 N–H and O–H groups in total. The SMILES string of the molecule is COc1cccc(C(=O)c2nccc(Nc3cc(C)[nH]n3)n2)c1. The lowest BCUT2D eigenvalue weighted by atomic mass is 10.1. The van der Waals surface area contributed by atoms with Gasteiger partial charge >= 0.3 is 0 Å². The Kier molecular flexibility index (Phi) is 4.01. The maximum absolute atomic E-state index is 12.5. The molecule has 0 spiro atoms. The van der Waals surface area contributed by atoms with Crippen molar-refractivity contribution >= 4 is 17.4 Å². The molecule has 0 aliphatic heterocycles. The topological polar surface area (TPSA) is 92.8 Å². The minimum absolute atomic E-state index is 0.107. The van der Waals surface area contributed by atoms with Crippen molar-refractivity contribution in [3.05, 3.63) is 59.7 Å². The number of anilines is 2. The normalized spacial score (nSPS) is 10.3. The maximum atomic E-state index is 12.5. The van der Waals surface area contributed by atoms with Crippen molar-refractivity contribution in [1.29, 1.82) is 0 Å². The second kappa shape index (κ2) is 6.27. The highest BCUT2D eigenvalue weighted by atomic mass is 16.5. The van der Waals surface area contributed by atoms with E-state index in [9.17, 15) is 4.79 Å². The largest absolute Gasteiger partial charge is 0.497 e. The monoisotopic (exact) mass is 309 g/mol. The number of ether oxygens (including phenoxy) is 1. The first-order valence-corrected chi connectivity index (χ1v) is 6.96. The summed E-state index contributed by atoms with van der Waals surface area (Å²) in [5, 5.41) is 9.92. The fourth-order valence-corrected chi connectivity index (χ4v) is 2.04. The van der Waals surface area contributed by atoms with Crippen LogP contribution in [0.2, 0.25) is 0 Å². The van der Waals surface area contributed by atoms with E-state index in [0.29, 0.717) is 22.9 Å². The number of carbonyl (C=O) groups excluding carboxylic acids is 1. The van der Waals surface area contributed by atoms with E-state index in [-0.39, 0.29) is 11.6 Å². The van der Waals surface area contributed by atoms with Crippen molar-refractivity contribution in [1.82, 2.24) is 20.2 Å². The van der Waals surface area contributed by atoms with Crippen LogP contribution in [0.4, 0.5) is 11.6 Å². The summed E-state index contributed by atoms with van der Waals surface area (Å²) in [6.07, 6.45) is 1.53. The highest BCUT2D eigenvalue weighted by Crippen LogP contribution is 2.16. The molecule has 0 fully saturated rings. The van der Waals surface area contributed by atoms with Gasteiger partial charge in [-0.3, -0.25) is 9.89 Å². The number of aromatic nitrogens is 4. The van der Waals surface area contributed by atoms with Crippen LogP contribution in [0.5, 0.6) is 5.75 Å². The molecule has 0 saturated heterocycles. The number of aromatic amines is 1. The molecule has 0 amide bonds. The summed E-state index contributed by atoms with van der Waals surface area (Å²) in [6, 6.07) is 10.4. The number of hydrogen-bond acceptors (Lipinski definition) is 6. The molecule has 3 rings (SSSR count). The first-order valence-electron chi connectivity index (χ1n) is 6.96. The van der Waals surface area contributed by atoms with Crippen LogP contribution in [0.1, 0.15) is 21.9 Å². The maximum Gasteiger partial charge on any atom is 0.230 e. The van der Waals surface area contributed by atoms with Crippen molar-refractivity contribution in [3.8, 4) is 5.75 Å². The first-order chi connectivity index (χ1) is 11.2. The van der Waals surface area contributed by atoms with Gasteiger partial charge in [-0.25, -0.2) is 9.97 Å². The molecule has 1 aromatic carbocycles. The van der Waals surface area contributed by atoms with E-state index in [4.69, 9.17) is 4.74 Å². The lowest BCUT2D eigenvalue weighted by Gasteiger charge is -2.05. The second-order valence-corrected chi connectivity index (χ2v) is 4.89. The highest BCUT2D eigenvalue weighted by Gasteiger charge is 2.14. The van der Waals surface area contributed by atoms with Gasteiger partial charge in [0.05, 0.1) is 7.11 Å². The van der Waals surface area contributed by atoms with E-state index in [1.807, 2.05) is 13.0 Å². The van der Waals surface area contributed by atoms with Crippen LogP contribution in [0.25, 0.3) is 0 Å².